The van der Waals surface area contributed by atoms with Crippen LogP contribution in [0.4, 0.5) is 0 Å². The number of nitrogens with zero attached hydrogens (tertiary/aromatic N) is 1. The summed E-state index contributed by atoms with van der Waals surface area (Å²) in [6.07, 6.45) is 3.26. The fraction of sp³-hybridized carbons (Fsp3) is 0.286. The van der Waals surface area contributed by atoms with E-state index in [9.17, 15) is 8.42 Å². The van der Waals surface area contributed by atoms with E-state index in [1.807, 2.05) is 25.1 Å². The van der Waals surface area contributed by atoms with E-state index < -0.39 is 10.0 Å². The van der Waals surface area contributed by atoms with Crippen molar-refractivity contribution in [1.82, 2.24) is 3.97 Å². The number of benzene rings is 1. The van der Waals surface area contributed by atoms with Crippen LogP contribution >= 0.6 is 15.9 Å². The van der Waals surface area contributed by atoms with Crippen molar-refractivity contribution in [1.29, 1.82) is 0 Å². The molecule has 1 heterocycles. The molecule has 1 aromatic heterocycles. The molecular weight excluding hydrogens is 326 g/mol. The van der Waals surface area contributed by atoms with Gasteiger partial charge in [-0.05, 0) is 44.0 Å². The molecule has 0 aliphatic heterocycles. The Morgan fingerprint density at radius 3 is 2.47 bits per heavy atom. The maximum Gasteiger partial charge on any atom is 0.267 e. The molecule has 0 amide bonds. The topological polar surface area (TPSA) is 39.1 Å². The minimum absolute atomic E-state index is 0.328. The lowest BCUT2D eigenvalue weighted by Crippen LogP contribution is -2.15. The molecule has 0 saturated heterocycles. The van der Waals surface area contributed by atoms with Crippen LogP contribution in [-0.2, 0) is 16.4 Å². The predicted molar refractivity (Wildman–Crippen MR) is 80.3 cm³/mol. The Morgan fingerprint density at radius 1 is 1.16 bits per heavy atom. The van der Waals surface area contributed by atoms with E-state index in [4.69, 9.17) is 0 Å². The molecular formula is C14H16BrNO2S. The summed E-state index contributed by atoms with van der Waals surface area (Å²) in [5.41, 5.74) is 1.87. The third-order valence-electron chi connectivity index (χ3n) is 2.94. The quantitative estimate of drug-likeness (QED) is 0.782. The van der Waals surface area contributed by atoms with Crippen LogP contribution in [0.5, 0.6) is 0 Å². The zero-order valence-corrected chi connectivity index (χ0v) is 13.1. The number of alkyl halides is 1. The molecule has 2 aromatic rings. The second-order valence-electron chi connectivity index (χ2n) is 4.41. The van der Waals surface area contributed by atoms with Crippen LogP contribution in [0.15, 0.2) is 47.5 Å². The highest BCUT2D eigenvalue weighted by atomic mass is 79.9. The molecule has 1 aromatic carbocycles. The molecule has 0 saturated carbocycles. The van der Waals surface area contributed by atoms with Crippen molar-refractivity contribution in [2.45, 2.75) is 24.7 Å². The molecule has 19 heavy (non-hydrogen) atoms. The summed E-state index contributed by atoms with van der Waals surface area (Å²) < 4.78 is 26.5. The van der Waals surface area contributed by atoms with Crippen molar-refractivity contribution in [3.8, 4) is 0 Å². The lowest BCUT2D eigenvalue weighted by Gasteiger charge is -2.10. The normalized spacial score (nSPS) is 11.7. The Bertz CT molecular complexity index is 644. The van der Waals surface area contributed by atoms with Gasteiger partial charge in [0, 0.05) is 17.2 Å². The molecule has 0 radical (unpaired) electrons. The molecule has 0 spiro atoms. The zero-order chi connectivity index (χ0) is 13.9. The van der Waals surface area contributed by atoms with Crippen LogP contribution in [0.3, 0.4) is 0 Å². The summed E-state index contributed by atoms with van der Waals surface area (Å²) in [5.74, 6) is 0. The summed E-state index contributed by atoms with van der Waals surface area (Å²) in [5, 5.41) is 0.864. The van der Waals surface area contributed by atoms with Crippen LogP contribution in [0.25, 0.3) is 0 Å². The van der Waals surface area contributed by atoms with E-state index in [0.29, 0.717) is 4.90 Å². The third kappa shape index (κ3) is 3.09. The summed E-state index contributed by atoms with van der Waals surface area (Å²) in [6, 6.07) is 10.6. The highest BCUT2D eigenvalue weighted by molar-refractivity contribution is 9.09. The van der Waals surface area contributed by atoms with Gasteiger partial charge in [0.05, 0.1) is 4.90 Å². The minimum Gasteiger partial charge on any atom is -0.246 e. The van der Waals surface area contributed by atoms with E-state index in [0.717, 1.165) is 29.4 Å². The fourth-order valence-corrected chi connectivity index (χ4v) is 3.58. The van der Waals surface area contributed by atoms with Crippen molar-refractivity contribution in [2.24, 2.45) is 0 Å². The summed E-state index contributed by atoms with van der Waals surface area (Å²) in [6.45, 7) is 1.94. The first-order valence-corrected chi connectivity index (χ1v) is 8.66. The lowest BCUT2D eigenvalue weighted by molar-refractivity contribution is 0.585. The lowest BCUT2D eigenvalue weighted by atomic mass is 10.2. The Hall–Kier alpha value is -1.07. The number of rotatable bonds is 5. The molecule has 0 fully saturated rings. The van der Waals surface area contributed by atoms with Gasteiger partial charge in [0.1, 0.15) is 0 Å². The van der Waals surface area contributed by atoms with E-state index in [2.05, 4.69) is 15.9 Å². The zero-order valence-electron chi connectivity index (χ0n) is 10.7. The number of hydrogen-bond donors (Lipinski definition) is 0. The van der Waals surface area contributed by atoms with Crippen molar-refractivity contribution in [2.75, 3.05) is 5.33 Å². The number of aryl methyl sites for hydroxylation is 2. The fourth-order valence-electron chi connectivity index (χ4n) is 1.90. The maximum absolute atomic E-state index is 12.5. The van der Waals surface area contributed by atoms with E-state index in [1.165, 1.54) is 3.97 Å². The van der Waals surface area contributed by atoms with Crippen molar-refractivity contribution in [3.05, 3.63) is 53.9 Å². The molecule has 0 unspecified atom stereocenters. The average molecular weight is 342 g/mol. The van der Waals surface area contributed by atoms with Gasteiger partial charge in [0.15, 0.2) is 0 Å². The van der Waals surface area contributed by atoms with E-state index in [1.54, 1.807) is 24.4 Å². The largest absolute Gasteiger partial charge is 0.267 e. The molecule has 0 aliphatic carbocycles. The average Bonchev–Trinajstić information content (AvgIpc) is 2.86. The van der Waals surface area contributed by atoms with Crippen LogP contribution < -0.4 is 0 Å². The molecule has 102 valence electrons. The van der Waals surface area contributed by atoms with Crippen LogP contribution in [0.1, 0.15) is 17.7 Å². The van der Waals surface area contributed by atoms with Gasteiger partial charge in [0.25, 0.3) is 10.0 Å². The molecule has 3 nitrogen and oxygen atoms in total. The summed E-state index contributed by atoms with van der Waals surface area (Å²) in [4.78, 5) is 0.328. The van der Waals surface area contributed by atoms with E-state index in [-0.39, 0.29) is 0 Å². The van der Waals surface area contributed by atoms with Gasteiger partial charge in [-0.3, -0.25) is 0 Å². The Balaban J connectivity index is 2.39. The highest BCUT2D eigenvalue weighted by Crippen LogP contribution is 2.18. The Labute approximate surface area is 122 Å². The van der Waals surface area contributed by atoms with Gasteiger partial charge in [-0.25, -0.2) is 12.4 Å². The maximum atomic E-state index is 12.5. The molecule has 0 aliphatic rings. The van der Waals surface area contributed by atoms with Gasteiger partial charge in [-0.15, -0.1) is 0 Å². The van der Waals surface area contributed by atoms with Crippen LogP contribution in [0.2, 0.25) is 0 Å². The molecule has 5 heteroatoms. The standard InChI is InChI=1S/C14H16BrNO2S/c1-12-6-8-14(9-7-12)19(17,18)16-11-3-5-13(16)4-2-10-15/h3,5-9,11H,2,4,10H2,1H3. The first kappa shape index (κ1) is 14.3. The number of aromatic nitrogens is 1. The molecule has 0 atom stereocenters. The van der Waals surface area contributed by atoms with Gasteiger partial charge in [0.2, 0.25) is 0 Å². The molecule has 2 rings (SSSR count). The summed E-state index contributed by atoms with van der Waals surface area (Å²) in [7, 11) is -3.47. The van der Waals surface area contributed by atoms with Crippen molar-refractivity contribution in [3.63, 3.8) is 0 Å². The first-order valence-electron chi connectivity index (χ1n) is 6.10. The Kier molecular flexibility index (Phi) is 4.47. The SMILES string of the molecule is Cc1ccc(S(=O)(=O)n2cccc2CCCBr)cc1. The van der Waals surface area contributed by atoms with Crippen LogP contribution in [0, 0.1) is 6.92 Å². The monoisotopic (exact) mass is 341 g/mol. The second kappa shape index (κ2) is 5.92. The number of hydrogen-bond acceptors (Lipinski definition) is 2. The summed E-state index contributed by atoms with van der Waals surface area (Å²) >= 11 is 3.36. The van der Waals surface area contributed by atoms with Gasteiger partial charge >= 0.3 is 0 Å². The second-order valence-corrected chi connectivity index (χ2v) is 7.01. The van der Waals surface area contributed by atoms with Gasteiger partial charge < -0.3 is 0 Å². The highest BCUT2D eigenvalue weighted by Gasteiger charge is 2.18. The van der Waals surface area contributed by atoms with Crippen LogP contribution in [-0.4, -0.2) is 17.7 Å². The third-order valence-corrected chi connectivity index (χ3v) is 5.24. The van der Waals surface area contributed by atoms with E-state index >= 15 is 0 Å². The predicted octanol–water partition coefficient (Wildman–Crippen LogP) is 3.36. The minimum atomic E-state index is -3.47. The van der Waals surface area contributed by atoms with Gasteiger partial charge in [-0.1, -0.05) is 33.6 Å². The molecule has 0 N–H and O–H groups in total. The first-order chi connectivity index (χ1) is 9.05. The smallest absolute Gasteiger partial charge is 0.246 e. The number of halogens is 1. The van der Waals surface area contributed by atoms with Crippen molar-refractivity contribution < 1.29 is 8.42 Å². The Morgan fingerprint density at radius 2 is 1.84 bits per heavy atom. The molecule has 0 bridgehead atoms. The van der Waals surface area contributed by atoms with Gasteiger partial charge in [-0.2, -0.15) is 0 Å². The van der Waals surface area contributed by atoms with Crippen molar-refractivity contribution >= 4 is 26.0 Å².